The van der Waals surface area contributed by atoms with Gasteiger partial charge in [-0.05, 0) is 18.2 Å². The molecule has 2 rings (SSSR count). The molecule has 20 heavy (non-hydrogen) atoms. The second-order valence-corrected chi connectivity index (χ2v) is 4.52. The number of nitro benzene ring substituents is 1. The van der Waals surface area contributed by atoms with E-state index in [1.54, 1.807) is 29.9 Å². The molecule has 2 aromatic rings. The van der Waals surface area contributed by atoms with Gasteiger partial charge in [-0.3, -0.25) is 14.9 Å². The lowest BCUT2D eigenvalue weighted by Crippen LogP contribution is -2.15. The minimum atomic E-state index is -0.585. The van der Waals surface area contributed by atoms with Crippen LogP contribution in [-0.4, -0.2) is 21.9 Å². The highest BCUT2D eigenvalue weighted by molar-refractivity contribution is 6.30. The lowest BCUT2D eigenvalue weighted by molar-refractivity contribution is -0.385. The quantitative estimate of drug-likeness (QED) is 0.483. The first kappa shape index (κ1) is 14.1. The van der Waals surface area contributed by atoms with E-state index in [2.05, 4.69) is 0 Å². The Morgan fingerprint density at radius 1 is 1.45 bits per heavy atom. The maximum absolute atomic E-state index is 11.9. The van der Waals surface area contributed by atoms with Crippen LogP contribution in [0.5, 0.6) is 5.75 Å². The number of ether oxygens (including phenoxy) is 1. The summed E-state index contributed by atoms with van der Waals surface area (Å²) in [6.45, 7) is -0.293. The number of benzene rings is 1. The average molecular weight is 295 g/mol. The fourth-order valence-electron chi connectivity index (χ4n) is 1.72. The van der Waals surface area contributed by atoms with Crippen LogP contribution in [0, 0.1) is 10.1 Å². The second kappa shape index (κ2) is 5.75. The average Bonchev–Trinajstić information content (AvgIpc) is 2.82. The molecule has 0 aliphatic carbocycles. The van der Waals surface area contributed by atoms with E-state index in [0.29, 0.717) is 10.7 Å². The molecule has 6 nitrogen and oxygen atoms in total. The van der Waals surface area contributed by atoms with Crippen LogP contribution in [0.2, 0.25) is 5.02 Å². The molecule has 0 bridgehead atoms. The first-order chi connectivity index (χ1) is 9.49. The Hall–Kier alpha value is -2.34. The molecular weight excluding hydrogens is 284 g/mol. The Bertz CT molecular complexity index is 666. The molecule has 0 atom stereocenters. The van der Waals surface area contributed by atoms with E-state index in [0.717, 1.165) is 0 Å². The third kappa shape index (κ3) is 2.97. The summed E-state index contributed by atoms with van der Waals surface area (Å²) in [7, 11) is 1.73. The van der Waals surface area contributed by atoms with E-state index in [4.69, 9.17) is 16.3 Å². The van der Waals surface area contributed by atoms with Gasteiger partial charge in [0.2, 0.25) is 5.78 Å². The molecule has 0 fully saturated rings. The highest BCUT2D eigenvalue weighted by Gasteiger charge is 2.17. The summed E-state index contributed by atoms with van der Waals surface area (Å²) in [5.74, 6) is -0.295. The number of halogens is 1. The summed E-state index contributed by atoms with van der Waals surface area (Å²) in [6.07, 6.45) is 1.73. The van der Waals surface area contributed by atoms with Crippen LogP contribution in [0.15, 0.2) is 36.5 Å². The summed E-state index contributed by atoms with van der Waals surface area (Å²) in [6, 6.07) is 7.33. The van der Waals surface area contributed by atoms with Gasteiger partial charge in [-0.2, -0.15) is 0 Å². The zero-order chi connectivity index (χ0) is 14.7. The van der Waals surface area contributed by atoms with Crippen LogP contribution in [0.3, 0.4) is 0 Å². The Morgan fingerprint density at radius 2 is 2.20 bits per heavy atom. The van der Waals surface area contributed by atoms with Gasteiger partial charge in [0.1, 0.15) is 0 Å². The molecule has 0 spiro atoms. The van der Waals surface area contributed by atoms with Crippen molar-refractivity contribution in [3.8, 4) is 5.75 Å². The number of rotatable bonds is 5. The fraction of sp³-hybridized carbons (Fsp3) is 0.154. The predicted octanol–water partition coefficient (Wildman–Crippen LogP) is 2.85. The maximum atomic E-state index is 11.9. The number of Topliss-reactive ketones (excluding diaryl/α,β-unsaturated/α-hetero) is 1. The molecule has 0 N–H and O–H groups in total. The monoisotopic (exact) mass is 294 g/mol. The summed E-state index contributed by atoms with van der Waals surface area (Å²) >= 11 is 5.77. The van der Waals surface area contributed by atoms with Gasteiger partial charge in [-0.15, -0.1) is 0 Å². The fourth-order valence-corrected chi connectivity index (χ4v) is 1.88. The molecular formula is C13H11ClN2O4. The minimum Gasteiger partial charge on any atom is -0.478 e. The Balaban J connectivity index is 2.15. The lowest BCUT2D eigenvalue weighted by atomic mass is 10.3. The van der Waals surface area contributed by atoms with Gasteiger partial charge < -0.3 is 9.30 Å². The summed E-state index contributed by atoms with van der Waals surface area (Å²) in [5, 5.41) is 11.2. The van der Waals surface area contributed by atoms with Crippen molar-refractivity contribution in [2.24, 2.45) is 7.05 Å². The topological polar surface area (TPSA) is 74.4 Å². The Morgan fingerprint density at radius 3 is 2.80 bits per heavy atom. The number of hydrogen-bond donors (Lipinski definition) is 0. The standard InChI is InChI=1S/C13H11ClN2O4/c1-15-6-2-3-10(15)12(17)8-20-13-7-9(14)4-5-11(13)16(18)19/h2-7H,8H2,1H3. The molecule has 0 saturated carbocycles. The van der Waals surface area contributed by atoms with Crippen molar-refractivity contribution in [1.82, 2.24) is 4.57 Å². The summed E-state index contributed by atoms with van der Waals surface area (Å²) < 4.78 is 6.88. The SMILES string of the molecule is Cn1cccc1C(=O)COc1cc(Cl)ccc1[N+](=O)[O-]. The molecule has 1 aromatic heterocycles. The van der Waals surface area contributed by atoms with Crippen molar-refractivity contribution in [2.75, 3.05) is 6.61 Å². The molecule has 0 aliphatic rings. The zero-order valence-electron chi connectivity index (χ0n) is 10.6. The van der Waals surface area contributed by atoms with E-state index in [9.17, 15) is 14.9 Å². The number of aromatic nitrogens is 1. The van der Waals surface area contributed by atoms with Crippen molar-refractivity contribution >= 4 is 23.1 Å². The molecule has 0 amide bonds. The normalized spacial score (nSPS) is 10.3. The van der Waals surface area contributed by atoms with Gasteiger partial charge in [0.25, 0.3) is 0 Å². The second-order valence-electron chi connectivity index (χ2n) is 4.09. The molecule has 104 valence electrons. The van der Waals surface area contributed by atoms with E-state index in [1.807, 2.05) is 0 Å². The Kier molecular flexibility index (Phi) is 4.05. The van der Waals surface area contributed by atoms with Crippen LogP contribution < -0.4 is 4.74 Å². The van der Waals surface area contributed by atoms with E-state index >= 15 is 0 Å². The molecule has 1 aromatic carbocycles. The number of nitrogens with zero attached hydrogens (tertiary/aromatic N) is 2. The van der Waals surface area contributed by atoms with Gasteiger partial charge in [0.05, 0.1) is 10.6 Å². The van der Waals surface area contributed by atoms with Crippen molar-refractivity contribution in [3.63, 3.8) is 0 Å². The smallest absolute Gasteiger partial charge is 0.311 e. The third-order valence-electron chi connectivity index (χ3n) is 2.71. The predicted molar refractivity (Wildman–Crippen MR) is 73.3 cm³/mol. The summed E-state index contributed by atoms with van der Waals surface area (Å²) in [4.78, 5) is 22.2. The largest absolute Gasteiger partial charge is 0.478 e. The summed E-state index contributed by atoms with van der Waals surface area (Å²) in [5.41, 5.74) is 0.240. The van der Waals surface area contributed by atoms with Gasteiger partial charge in [-0.25, -0.2) is 0 Å². The number of nitro groups is 1. The lowest BCUT2D eigenvalue weighted by Gasteiger charge is -2.07. The van der Waals surface area contributed by atoms with Gasteiger partial charge in [0.15, 0.2) is 12.4 Å². The molecule has 0 unspecified atom stereocenters. The van der Waals surface area contributed by atoms with Crippen LogP contribution in [0.25, 0.3) is 0 Å². The van der Waals surface area contributed by atoms with Crippen molar-refractivity contribution in [3.05, 3.63) is 57.4 Å². The van der Waals surface area contributed by atoms with Gasteiger partial charge in [-0.1, -0.05) is 11.6 Å². The first-order valence-corrected chi connectivity index (χ1v) is 6.08. The number of carbonyl (C=O) groups excluding carboxylic acids is 1. The van der Waals surface area contributed by atoms with Crippen LogP contribution >= 0.6 is 11.6 Å². The third-order valence-corrected chi connectivity index (χ3v) is 2.94. The highest BCUT2D eigenvalue weighted by atomic mass is 35.5. The molecule has 0 radical (unpaired) electrons. The van der Waals surface area contributed by atoms with Gasteiger partial charge in [0, 0.05) is 30.4 Å². The molecule has 0 aliphatic heterocycles. The van der Waals surface area contributed by atoms with E-state index < -0.39 is 4.92 Å². The number of carbonyl (C=O) groups is 1. The van der Waals surface area contributed by atoms with Crippen molar-refractivity contribution in [2.45, 2.75) is 0 Å². The maximum Gasteiger partial charge on any atom is 0.311 e. The van der Waals surface area contributed by atoms with E-state index in [1.165, 1.54) is 18.2 Å². The Labute approximate surface area is 119 Å². The van der Waals surface area contributed by atoms with E-state index in [-0.39, 0.29) is 23.8 Å². The van der Waals surface area contributed by atoms with Gasteiger partial charge >= 0.3 is 5.69 Å². The van der Waals surface area contributed by atoms with Crippen LogP contribution in [-0.2, 0) is 7.05 Å². The molecule has 1 heterocycles. The number of aryl methyl sites for hydroxylation is 1. The molecule has 7 heteroatoms. The van der Waals surface area contributed by atoms with Crippen molar-refractivity contribution in [1.29, 1.82) is 0 Å². The zero-order valence-corrected chi connectivity index (χ0v) is 11.3. The highest BCUT2D eigenvalue weighted by Crippen LogP contribution is 2.29. The first-order valence-electron chi connectivity index (χ1n) is 5.70. The van der Waals surface area contributed by atoms with Crippen LogP contribution in [0.1, 0.15) is 10.5 Å². The molecule has 0 saturated heterocycles. The number of ketones is 1. The number of hydrogen-bond acceptors (Lipinski definition) is 4. The van der Waals surface area contributed by atoms with Crippen LogP contribution in [0.4, 0.5) is 5.69 Å². The van der Waals surface area contributed by atoms with Crippen molar-refractivity contribution < 1.29 is 14.5 Å². The minimum absolute atomic E-state index is 0.0231.